The van der Waals surface area contributed by atoms with Crippen LogP contribution in [-0.2, 0) is 0 Å². The molecule has 0 fully saturated rings. The van der Waals surface area contributed by atoms with E-state index < -0.39 is 0 Å². The van der Waals surface area contributed by atoms with Crippen LogP contribution in [0.5, 0.6) is 5.75 Å². The van der Waals surface area contributed by atoms with Gasteiger partial charge in [-0.25, -0.2) is 4.39 Å². The predicted octanol–water partition coefficient (Wildman–Crippen LogP) is 3.85. The lowest BCUT2D eigenvalue weighted by molar-refractivity contribution is 0.477. The van der Waals surface area contributed by atoms with Crippen LogP contribution in [0, 0.1) is 5.82 Å². The highest BCUT2D eigenvalue weighted by atomic mass is 35.5. The molecule has 0 bridgehead atoms. The van der Waals surface area contributed by atoms with Crippen LogP contribution in [-0.4, -0.2) is 5.11 Å². The second-order valence-corrected chi connectivity index (χ2v) is 3.52. The first kappa shape index (κ1) is 9.99. The molecule has 2 aromatic rings. The second-order valence-electron chi connectivity index (χ2n) is 3.12. The molecule has 0 aliphatic heterocycles. The average molecular weight is 223 g/mol. The van der Waals surface area contributed by atoms with Gasteiger partial charge >= 0.3 is 0 Å². The summed E-state index contributed by atoms with van der Waals surface area (Å²) in [6, 6.07) is 11.1. The highest BCUT2D eigenvalue weighted by Gasteiger charge is 2.10. The van der Waals surface area contributed by atoms with E-state index in [1.54, 1.807) is 36.4 Å². The van der Waals surface area contributed by atoms with Crippen LogP contribution >= 0.6 is 11.6 Å². The number of rotatable bonds is 1. The highest BCUT2D eigenvalue weighted by molar-refractivity contribution is 6.32. The maximum atomic E-state index is 13.4. The molecule has 0 unspecified atom stereocenters. The van der Waals surface area contributed by atoms with Crippen molar-refractivity contribution in [3.05, 3.63) is 53.3 Å². The topological polar surface area (TPSA) is 20.2 Å². The fraction of sp³-hybridized carbons (Fsp3) is 0. The summed E-state index contributed by atoms with van der Waals surface area (Å²) >= 11 is 5.74. The van der Waals surface area contributed by atoms with E-state index in [1.807, 2.05) is 0 Å². The molecule has 0 saturated heterocycles. The summed E-state index contributed by atoms with van der Waals surface area (Å²) in [4.78, 5) is 0. The van der Waals surface area contributed by atoms with Gasteiger partial charge in [-0.1, -0.05) is 41.9 Å². The van der Waals surface area contributed by atoms with Crippen molar-refractivity contribution < 1.29 is 9.50 Å². The van der Waals surface area contributed by atoms with E-state index in [0.29, 0.717) is 11.1 Å². The monoisotopic (exact) mass is 222 g/mol. The molecule has 2 aromatic carbocycles. The van der Waals surface area contributed by atoms with Crippen LogP contribution < -0.4 is 0 Å². The Kier molecular flexibility index (Phi) is 2.60. The minimum absolute atomic E-state index is 0.0933. The second kappa shape index (κ2) is 3.91. The number of hydrogen-bond donors (Lipinski definition) is 1. The van der Waals surface area contributed by atoms with Crippen molar-refractivity contribution in [2.75, 3.05) is 0 Å². The molecule has 0 saturated carbocycles. The van der Waals surface area contributed by atoms with Crippen molar-refractivity contribution in [3.8, 4) is 16.9 Å². The number of hydrogen-bond acceptors (Lipinski definition) is 1. The van der Waals surface area contributed by atoms with E-state index in [9.17, 15) is 9.50 Å². The van der Waals surface area contributed by atoms with Gasteiger partial charge in [0, 0.05) is 11.1 Å². The minimum atomic E-state index is -0.380. The summed E-state index contributed by atoms with van der Waals surface area (Å²) in [5, 5.41) is 9.90. The molecule has 1 N–H and O–H groups in total. The number of benzene rings is 2. The zero-order valence-electron chi connectivity index (χ0n) is 7.74. The summed E-state index contributed by atoms with van der Waals surface area (Å²) in [6.45, 7) is 0. The molecule has 0 aliphatic carbocycles. The Labute approximate surface area is 91.8 Å². The molecular weight excluding hydrogens is 215 g/mol. The minimum Gasteiger partial charge on any atom is -0.506 e. The van der Waals surface area contributed by atoms with Crippen molar-refractivity contribution in [1.29, 1.82) is 0 Å². The molecule has 0 heterocycles. The maximum Gasteiger partial charge on any atom is 0.142 e. The zero-order valence-corrected chi connectivity index (χ0v) is 8.50. The Balaban J connectivity index is 2.65. The molecule has 1 nitrogen and oxygen atoms in total. The van der Waals surface area contributed by atoms with E-state index in [-0.39, 0.29) is 16.6 Å². The van der Waals surface area contributed by atoms with Crippen molar-refractivity contribution >= 4 is 11.6 Å². The number of phenolic OH excluding ortho intramolecular Hbond substituents is 1. The Morgan fingerprint density at radius 2 is 1.60 bits per heavy atom. The van der Waals surface area contributed by atoms with Gasteiger partial charge in [-0.15, -0.1) is 0 Å². The largest absolute Gasteiger partial charge is 0.506 e. The average Bonchev–Trinajstić information content (AvgIpc) is 2.23. The summed E-state index contributed by atoms with van der Waals surface area (Å²) in [6.07, 6.45) is 0. The van der Waals surface area contributed by atoms with E-state index in [0.717, 1.165) is 0 Å². The van der Waals surface area contributed by atoms with Gasteiger partial charge in [0.25, 0.3) is 0 Å². The lowest BCUT2D eigenvalue weighted by Crippen LogP contribution is -1.84. The highest BCUT2D eigenvalue weighted by Crippen LogP contribution is 2.35. The van der Waals surface area contributed by atoms with Crippen LogP contribution in [0.1, 0.15) is 0 Å². The Bertz CT molecular complexity index is 497. The SMILES string of the molecule is Oc1c(Cl)cccc1-c1ccccc1F. The first-order chi connectivity index (χ1) is 7.20. The summed E-state index contributed by atoms with van der Waals surface area (Å²) < 4.78 is 13.4. The zero-order chi connectivity index (χ0) is 10.8. The molecule has 0 atom stereocenters. The van der Waals surface area contributed by atoms with Gasteiger partial charge in [-0.05, 0) is 12.1 Å². The van der Waals surface area contributed by atoms with Crippen molar-refractivity contribution in [1.82, 2.24) is 0 Å². The van der Waals surface area contributed by atoms with E-state index >= 15 is 0 Å². The molecular formula is C12H8ClFO. The lowest BCUT2D eigenvalue weighted by Gasteiger charge is -2.06. The van der Waals surface area contributed by atoms with Gasteiger partial charge in [0.2, 0.25) is 0 Å². The summed E-state index contributed by atoms with van der Waals surface area (Å²) in [7, 11) is 0. The first-order valence-electron chi connectivity index (χ1n) is 4.42. The third-order valence-electron chi connectivity index (χ3n) is 2.15. The van der Waals surface area contributed by atoms with Crippen LogP contribution in [0.25, 0.3) is 11.1 Å². The van der Waals surface area contributed by atoms with Gasteiger partial charge in [0.05, 0.1) is 5.02 Å². The van der Waals surface area contributed by atoms with Crippen LogP contribution in [0.2, 0.25) is 5.02 Å². The van der Waals surface area contributed by atoms with Crippen LogP contribution in [0.4, 0.5) is 4.39 Å². The predicted molar refractivity (Wildman–Crippen MR) is 58.5 cm³/mol. The molecule has 76 valence electrons. The van der Waals surface area contributed by atoms with Crippen molar-refractivity contribution in [2.24, 2.45) is 0 Å². The lowest BCUT2D eigenvalue weighted by atomic mass is 10.0. The molecule has 3 heteroatoms. The molecule has 0 aromatic heterocycles. The summed E-state index contributed by atoms with van der Waals surface area (Å²) in [5.74, 6) is -0.473. The number of para-hydroxylation sites is 1. The van der Waals surface area contributed by atoms with Crippen molar-refractivity contribution in [3.63, 3.8) is 0 Å². The summed E-state index contributed by atoms with van der Waals surface area (Å²) in [5.41, 5.74) is 0.748. The van der Waals surface area contributed by atoms with E-state index in [4.69, 9.17) is 11.6 Å². The molecule has 0 amide bonds. The van der Waals surface area contributed by atoms with Gasteiger partial charge in [-0.2, -0.15) is 0 Å². The molecule has 0 spiro atoms. The molecule has 0 aliphatic rings. The quantitative estimate of drug-likeness (QED) is 0.777. The first-order valence-corrected chi connectivity index (χ1v) is 4.80. The van der Waals surface area contributed by atoms with Crippen LogP contribution in [0.15, 0.2) is 42.5 Å². The Hall–Kier alpha value is -1.54. The van der Waals surface area contributed by atoms with Gasteiger partial charge < -0.3 is 5.11 Å². The van der Waals surface area contributed by atoms with Gasteiger partial charge in [0.15, 0.2) is 0 Å². The third kappa shape index (κ3) is 1.81. The molecule has 2 rings (SSSR count). The number of halogens is 2. The smallest absolute Gasteiger partial charge is 0.142 e. The van der Waals surface area contributed by atoms with E-state index in [2.05, 4.69) is 0 Å². The molecule has 15 heavy (non-hydrogen) atoms. The number of aromatic hydroxyl groups is 1. The Morgan fingerprint density at radius 3 is 2.33 bits per heavy atom. The maximum absolute atomic E-state index is 13.4. The Morgan fingerprint density at radius 1 is 0.933 bits per heavy atom. The fourth-order valence-corrected chi connectivity index (χ4v) is 1.59. The van der Waals surface area contributed by atoms with Gasteiger partial charge in [0.1, 0.15) is 11.6 Å². The van der Waals surface area contributed by atoms with Crippen LogP contribution in [0.3, 0.4) is 0 Å². The van der Waals surface area contributed by atoms with Gasteiger partial charge in [-0.3, -0.25) is 0 Å². The molecule has 0 radical (unpaired) electrons. The van der Waals surface area contributed by atoms with E-state index in [1.165, 1.54) is 6.07 Å². The third-order valence-corrected chi connectivity index (χ3v) is 2.46. The normalized spacial score (nSPS) is 10.3. The fourth-order valence-electron chi connectivity index (χ4n) is 1.41. The van der Waals surface area contributed by atoms with Crippen molar-refractivity contribution in [2.45, 2.75) is 0 Å². The number of phenols is 1. The standard InChI is InChI=1S/C12H8ClFO/c13-10-6-3-5-9(12(10)15)8-4-1-2-7-11(8)14/h1-7,15H.